The van der Waals surface area contributed by atoms with Gasteiger partial charge in [-0.2, -0.15) is 0 Å². The van der Waals surface area contributed by atoms with Crippen LogP contribution in [-0.4, -0.2) is 32.6 Å². The van der Waals surface area contributed by atoms with Gasteiger partial charge < -0.3 is 15.5 Å². The van der Waals surface area contributed by atoms with Gasteiger partial charge in [-0.1, -0.05) is 6.92 Å². The van der Waals surface area contributed by atoms with Gasteiger partial charge in [-0.3, -0.25) is 4.79 Å². The Balaban J connectivity index is 2.44. The largest absolute Gasteiger partial charge is 0.378 e. The molecule has 1 unspecified atom stereocenters. The zero-order chi connectivity index (χ0) is 13.5. The molecule has 0 heterocycles. The summed E-state index contributed by atoms with van der Waals surface area (Å²) in [6.07, 6.45) is 1.02. The number of carbonyl (C=O) groups is 1. The lowest BCUT2D eigenvalue weighted by Crippen LogP contribution is -2.33. The van der Waals surface area contributed by atoms with Gasteiger partial charge in [0.15, 0.2) is 0 Å². The summed E-state index contributed by atoms with van der Waals surface area (Å²) in [5.41, 5.74) is 1.95. The highest BCUT2D eigenvalue weighted by molar-refractivity contribution is 5.92. The van der Waals surface area contributed by atoms with Crippen LogP contribution in [0.4, 0.5) is 11.4 Å². The van der Waals surface area contributed by atoms with Crippen molar-refractivity contribution in [3.8, 4) is 0 Å². The Hall–Kier alpha value is -1.55. The fourth-order valence-electron chi connectivity index (χ4n) is 1.46. The van der Waals surface area contributed by atoms with E-state index < -0.39 is 0 Å². The minimum atomic E-state index is -0.00657. The molecule has 0 aliphatic rings. The molecule has 0 aromatic heterocycles. The first kappa shape index (κ1) is 14.5. The molecule has 0 aliphatic heterocycles. The molecule has 0 radical (unpaired) electrons. The summed E-state index contributed by atoms with van der Waals surface area (Å²) in [7, 11) is 3.98. The molecule has 4 nitrogen and oxygen atoms in total. The average Bonchev–Trinajstić information content (AvgIpc) is 2.36. The van der Waals surface area contributed by atoms with E-state index in [0.717, 1.165) is 17.8 Å². The molecule has 100 valence electrons. The Morgan fingerprint density at radius 1 is 1.28 bits per heavy atom. The van der Waals surface area contributed by atoms with Gasteiger partial charge in [0, 0.05) is 31.5 Å². The van der Waals surface area contributed by atoms with Crippen molar-refractivity contribution in [3.63, 3.8) is 0 Å². The molecule has 1 rings (SSSR count). The van der Waals surface area contributed by atoms with Crippen molar-refractivity contribution in [2.24, 2.45) is 0 Å². The summed E-state index contributed by atoms with van der Waals surface area (Å²) in [6.45, 7) is 4.51. The number of benzene rings is 1. The molecule has 1 aromatic carbocycles. The monoisotopic (exact) mass is 249 g/mol. The van der Waals surface area contributed by atoms with E-state index in [-0.39, 0.29) is 5.91 Å². The van der Waals surface area contributed by atoms with E-state index in [1.807, 2.05) is 43.3 Å². The van der Waals surface area contributed by atoms with Crippen LogP contribution in [0.5, 0.6) is 0 Å². The number of hydrogen-bond donors (Lipinski definition) is 2. The Morgan fingerprint density at radius 2 is 1.89 bits per heavy atom. The van der Waals surface area contributed by atoms with E-state index in [1.165, 1.54) is 0 Å². The lowest BCUT2D eigenvalue weighted by atomic mass is 10.2. The molecule has 0 fully saturated rings. The fourth-order valence-corrected chi connectivity index (χ4v) is 1.46. The SMILES string of the molecule is CCC(C)NCC(=O)Nc1ccc(N(C)C)cc1. The second-order valence-corrected chi connectivity index (χ2v) is 4.68. The van der Waals surface area contributed by atoms with Gasteiger partial charge in [-0.15, -0.1) is 0 Å². The number of amides is 1. The van der Waals surface area contributed by atoms with E-state index in [1.54, 1.807) is 0 Å². The number of carbonyl (C=O) groups excluding carboxylic acids is 1. The van der Waals surface area contributed by atoms with Gasteiger partial charge in [0.2, 0.25) is 5.91 Å². The Kier molecular flexibility index (Phi) is 5.65. The maximum atomic E-state index is 11.7. The highest BCUT2D eigenvalue weighted by Gasteiger charge is 2.04. The van der Waals surface area contributed by atoms with Crippen LogP contribution in [0.2, 0.25) is 0 Å². The first-order valence-corrected chi connectivity index (χ1v) is 6.33. The van der Waals surface area contributed by atoms with E-state index in [2.05, 4.69) is 24.5 Å². The third kappa shape index (κ3) is 4.75. The standard InChI is InChI=1S/C14H23N3O/c1-5-11(2)15-10-14(18)16-12-6-8-13(9-7-12)17(3)4/h6-9,11,15H,5,10H2,1-4H3,(H,16,18). The Morgan fingerprint density at radius 3 is 2.39 bits per heavy atom. The van der Waals surface area contributed by atoms with Crippen LogP contribution in [0.25, 0.3) is 0 Å². The Labute approximate surface area is 109 Å². The number of hydrogen-bond acceptors (Lipinski definition) is 3. The highest BCUT2D eigenvalue weighted by Crippen LogP contribution is 2.15. The molecule has 18 heavy (non-hydrogen) atoms. The predicted molar refractivity (Wildman–Crippen MR) is 77.2 cm³/mol. The lowest BCUT2D eigenvalue weighted by Gasteiger charge is -2.14. The summed E-state index contributed by atoms with van der Waals surface area (Å²) in [6, 6.07) is 8.16. The van der Waals surface area contributed by atoms with Crippen LogP contribution in [-0.2, 0) is 4.79 Å². The minimum Gasteiger partial charge on any atom is -0.378 e. The number of anilines is 2. The molecule has 0 saturated heterocycles. The van der Waals surface area contributed by atoms with Crippen LogP contribution < -0.4 is 15.5 Å². The van der Waals surface area contributed by atoms with E-state index in [0.29, 0.717) is 12.6 Å². The predicted octanol–water partition coefficient (Wildman–Crippen LogP) is 2.08. The van der Waals surface area contributed by atoms with Crippen molar-refractivity contribution < 1.29 is 4.79 Å². The van der Waals surface area contributed by atoms with Gasteiger partial charge in [0.25, 0.3) is 0 Å². The number of rotatable bonds is 6. The van der Waals surface area contributed by atoms with Crippen molar-refractivity contribution in [2.45, 2.75) is 26.3 Å². The molecule has 4 heteroatoms. The summed E-state index contributed by atoms with van der Waals surface area (Å²) < 4.78 is 0. The highest BCUT2D eigenvalue weighted by atomic mass is 16.1. The van der Waals surface area contributed by atoms with Gasteiger partial charge in [0.1, 0.15) is 0 Å². The van der Waals surface area contributed by atoms with Crippen LogP contribution >= 0.6 is 0 Å². The number of nitrogens with zero attached hydrogens (tertiary/aromatic N) is 1. The zero-order valence-corrected chi connectivity index (χ0v) is 11.7. The van der Waals surface area contributed by atoms with E-state index >= 15 is 0 Å². The topological polar surface area (TPSA) is 44.4 Å². The molecule has 2 N–H and O–H groups in total. The minimum absolute atomic E-state index is 0.00657. The smallest absolute Gasteiger partial charge is 0.238 e. The maximum Gasteiger partial charge on any atom is 0.238 e. The molecule has 1 aromatic rings. The second kappa shape index (κ2) is 7.01. The van der Waals surface area contributed by atoms with Crippen molar-refractivity contribution in [1.82, 2.24) is 5.32 Å². The molecule has 0 bridgehead atoms. The molecular weight excluding hydrogens is 226 g/mol. The van der Waals surface area contributed by atoms with Crippen LogP contribution in [0.3, 0.4) is 0 Å². The molecule has 1 atom stereocenters. The van der Waals surface area contributed by atoms with Crippen molar-refractivity contribution in [3.05, 3.63) is 24.3 Å². The van der Waals surface area contributed by atoms with Crippen molar-refractivity contribution in [2.75, 3.05) is 30.9 Å². The quantitative estimate of drug-likeness (QED) is 0.811. The van der Waals surface area contributed by atoms with Crippen molar-refractivity contribution in [1.29, 1.82) is 0 Å². The zero-order valence-electron chi connectivity index (χ0n) is 11.7. The molecule has 0 spiro atoms. The maximum absolute atomic E-state index is 11.7. The summed E-state index contributed by atoms with van der Waals surface area (Å²) in [5, 5.41) is 6.03. The van der Waals surface area contributed by atoms with Crippen LogP contribution in [0.1, 0.15) is 20.3 Å². The summed E-state index contributed by atoms with van der Waals surface area (Å²) >= 11 is 0. The molecule has 1 amide bonds. The average molecular weight is 249 g/mol. The first-order chi connectivity index (χ1) is 8.52. The first-order valence-electron chi connectivity index (χ1n) is 6.33. The normalized spacial score (nSPS) is 12.0. The van der Waals surface area contributed by atoms with Crippen LogP contribution in [0, 0.1) is 0 Å². The van der Waals surface area contributed by atoms with E-state index in [4.69, 9.17) is 0 Å². The molecule has 0 saturated carbocycles. The molecular formula is C14H23N3O. The molecule has 0 aliphatic carbocycles. The van der Waals surface area contributed by atoms with Gasteiger partial charge >= 0.3 is 0 Å². The van der Waals surface area contributed by atoms with Gasteiger partial charge in [0.05, 0.1) is 6.54 Å². The van der Waals surface area contributed by atoms with Gasteiger partial charge in [-0.25, -0.2) is 0 Å². The summed E-state index contributed by atoms with van der Waals surface area (Å²) in [5.74, 6) is -0.00657. The lowest BCUT2D eigenvalue weighted by molar-refractivity contribution is -0.115. The second-order valence-electron chi connectivity index (χ2n) is 4.68. The fraction of sp³-hybridized carbons (Fsp3) is 0.500. The van der Waals surface area contributed by atoms with Crippen LogP contribution in [0.15, 0.2) is 24.3 Å². The van der Waals surface area contributed by atoms with Gasteiger partial charge in [-0.05, 0) is 37.6 Å². The van der Waals surface area contributed by atoms with E-state index in [9.17, 15) is 4.79 Å². The Bertz CT molecular complexity index is 373. The van der Waals surface area contributed by atoms with Crippen molar-refractivity contribution >= 4 is 17.3 Å². The number of nitrogens with one attached hydrogen (secondary N) is 2. The summed E-state index contributed by atoms with van der Waals surface area (Å²) in [4.78, 5) is 13.7. The third-order valence-corrected chi connectivity index (χ3v) is 2.89. The third-order valence-electron chi connectivity index (χ3n) is 2.89.